The lowest BCUT2D eigenvalue weighted by atomic mass is 10.2. The summed E-state index contributed by atoms with van der Waals surface area (Å²) in [5.41, 5.74) is 6.30. The summed E-state index contributed by atoms with van der Waals surface area (Å²) in [6, 6.07) is 9.38. The van der Waals surface area contributed by atoms with Gasteiger partial charge in [0.2, 0.25) is 0 Å². The maximum Gasteiger partial charge on any atom is 0.404 e. The fourth-order valence-corrected chi connectivity index (χ4v) is 1.24. The summed E-state index contributed by atoms with van der Waals surface area (Å²) >= 11 is 0. The van der Waals surface area contributed by atoms with Crippen molar-refractivity contribution in [3.63, 3.8) is 0 Å². The molecule has 0 aliphatic rings. The molecule has 0 bridgehead atoms. The molecule has 0 saturated carbocycles. The molecule has 0 fully saturated rings. The van der Waals surface area contributed by atoms with Gasteiger partial charge in [-0.15, -0.1) is 0 Å². The van der Waals surface area contributed by atoms with Crippen LogP contribution in [-0.4, -0.2) is 36.6 Å². The van der Waals surface area contributed by atoms with Crippen LogP contribution >= 0.6 is 0 Å². The number of benzene rings is 1. The van der Waals surface area contributed by atoms with Gasteiger partial charge in [0.15, 0.2) is 0 Å². The Kier molecular flexibility index (Phi) is 10.5. The highest BCUT2D eigenvalue weighted by atomic mass is 16.6. The SMILES string of the molecule is CCOC(N)COC(C)=O.O=C(O)NCc1ccccc1. The Hall–Kier alpha value is -2.12. The highest BCUT2D eigenvalue weighted by molar-refractivity contribution is 5.65. The number of carbonyl (C=O) groups is 2. The zero-order chi connectivity index (χ0) is 16.1. The molecule has 0 aromatic heterocycles. The highest BCUT2D eigenvalue weighted by Gasteiger charge is 2.01. The van der Waals surface area contributed by atoms with Crippen LogP contribution < -0.4 is 11.1 Å². The Bertz CT molecular complexity index is 411. The van der Waals surface area contributed by atoms with Gasteiger partial charge in [0.1, 0.15) is 12.8 Å². The summed E-state index contributed by atoms with van der Waals surface area (Å²) in [6.07, 6.45) is -1.48. The summed E-state index contributed by atoms with van der Waals surface area (Å²) < 4.78 is 9.46. The maximum atomic E-state index is 10.2. The van der Waals surface area contributed by atoms with Crippen molar-refractivity contribution >= 4 is 12.1 Å². The lowest BCUT2D eigenvalue weighted by molar-refractivity contribution is -0.145. The smallest absolute Gasteiger partial charge is 0.404 e. The van der Waals surface area contributed by atoms with E-state index in [1.807, 2.05) is 37.3 Å². The first-order chi connectivity index (χ1) is 9.95. The van der Waals surface area contributed by atoms with Crippen LogP contribution in [0.3, 0.4) is 0 Å². The molecule has 118 valence electrons. The second kappa shape index (κ2) is 11.7. The monoisotopic (exact) mass is 298 g/mol. The van der Waals surface area contributed by atoms with Crippen LogP contribution in [0.4, 0.5) is 4.79 Å². The van der Waals surface area contributed by atoms with Crippen LogP contribution in [0.1, 0.15) is 19.4 Å². The van der Waals surface area contributed by atoms with Crippen molar-refractivity contribution in [1.29, 1.82) is 0 Å². The van der Waals surface area contributed by atoms with E-state index in [-0.39, 0.29) is 12.6 Å². The van der Waals surface area contributed by atoms with Gasteiger partial charge in [-0.25, -0.2) is 4.79 Å². The van der Waals surface area contributed by atoms with Crippen molar-refractivity contribution in [3.05, 3.63) is 35.9 Å². The van der Waals surface area contributed by atoms with E-state index < -0.39 is 12.3 Å². The molecule has 1 unspecified atom stereocenters. The van der Waals surface area contributed by atoms with Gasteiger partial charge in [-0.3, -0.25) is 4.79 Å². The van der Waals surface area contributed by atoms with Crippen LogP contribution in [0.2, 0.25) is 0 Å². The van der Waals surface area contributed by atoms with Crippen molar-refractivity contribution in [1.82, 2.24) is 5.32 Å². The van der Waals surface area contributed by atoms with E-state index in [0.29, 0.717) is 13.2 Å². The molecule has 0 aliphatic carbocycles. The molecule has 1 amide bonds. The average molecular weight is 298 g/mol. The molecule has 7 nitrogen and oxygen atoms in total. The third kappa shape index (κ3) is 12.6. The van der Waals surface area contributed by atoms with Crippen LogP contribution in [0, 0.1) is 0 Å². The van der Waals surface area contributed by atoms with Gasteiger partial charge in [-0.2, -0.15) is 0 Å². The predicted molar refractivity (Wildman–Crippen MR) is 77.5 cm³/mol. The fraction of sp³-hybridized carbons (Fsp3) is 0.429. The molecule has 7 heteroatoms. The minimum Gasteiger partial charge on any atom is -0.465 e. The molecule has 1 aromatic carbocycles. The molecule has 21 heavy (non-hydrogen) atoms. The Morgan fingerprint density at radius 3 is 2.43 bits per heavy atom. The maximum absolute atomic E-state index is 10.2. The number of nitrogens with two attached hydrogens (primary N) is 1. The fourth-order valence-electron chi connectivity index (χ4n) is 1.24. The number of hydrogen-bond donors (Lipinski definition) is 3. The van der Waals surface area contributed by atoms with E-state index in [1.54, 1.807) is 0 Å². The van der Waals surface area contributed by atoms with Gasteiger partial charge in [0, 0.05) is 20.1 Å². The molecule has 1 rings (SSSR count). The van der Waals surface area contributed by atoms with Gasteiger partial charge < -0.3 is 25.6 Å². The standard InChI is InChI=1S/C8H9NO2.C6H13NO3/c10-8(11)9-6-7-4-2-1-3-5-7;1-3-9-6(7)4-10-5(2)8/h1-5,9H,6H2,(H,10,11);6H,3-4,7H2,1-2H3. The minimum absolute atomic E-state index is 0.128. The summed E-state index contributed by atoms with van der Waals surface area (Å²) in [4.78, 5) is 20.3. The van der Waals surface area contributed by atoms with E-state index in [9.17, 15) is 9.59 Å². The molecule has 0 aliphatic heterocycles. The quantitative estimate of drug-likeness (QED) is 0.539. The third-order valence-electron chi connectivity index (χ3n) is 2.12. The summed E-state index contributed by atoms with van der Waals surface area (Å²) in [7, 11) is 0. The van der Waals surface area contributed by atoms with Gasteiger partial charge in [-0.05, 0) is 12.5 Å². The van der Waals surface area contributed by atoms with E-state index >= 15 is 0 Å². The van der Waals surface area contributed by atoms with E-state index in [1.165, 1.54) is 6.92 Å². The van der Waals surface area contributed by atoms with Crippen molar-refractivity contribution in [3.8, 4) is 0 Å². The van der Waals surface area contributed by atoms with Crippen molar-refractivity contribution in [2.45, 2.75) is 26.6 Å². The Morgan fingerprint density at radius 1 is 1.33 bits per heavy atom. The third-order valence-corrected chi connectivity index (χ3v) is 2.12. The Labute approximate surface area is 124 Å². The van der Waals surface area contributed by atoms with Crippen LogP contribution in [0.5, 0.6) is 0 Å². The van der Waals surface area contributed by atoms with E-state index in [4.69, 9.17) is 15.6 Å². The second-order valence-electron chi connectivity index (χ2n) is 3.94. The number of amides is 1. The highest BCUT2D eigenvalue weighted by Crippen LogP contribution is 1.96. The number of rotatable bonds is 6. The summed E-state index contributed by atoms with van der Waals surface area (Å²) in [5, 5.41) is 10.5. The van der Waals surface area contributed by atoms with Gasteiger partial charge in [0.25, 0.3) is 0 Å². The van der Waals surface area contributed by atoms with Crippen LogP contribution in [0.25, 0.3) is 0 Å². The van der Waals surface area contributed by atoms with Gasteiger partial charge >= 0.3 is 12.1 Å². The van der Waals surface area contributed by atoms with Crippen molar-refractivity contribution < 1.29 is 24.2 Å². The van der Waals surface area contributed by atoms with E-state index in [0.717, 1.165) is 5.56 Å². The molecule has 0 heterocycles. The topological polar surface area (TPSA) is 111 Å². The molecule has 4 N–H and O–H groups in total. The zero-order valence-electron chi connectivity index (χ0n) is 12.2. The molecule has 0 spiro atoms. The first-order valence-corrected chi connectivity index (χ1v) is 6.47. The number of hydrogen-bond acceptors (Lipinski definition) is 5. The largest absolute Gasteiger partial charge is 0.465 e. The molecule has 1 atom stereocenters. The molecular formula is C14H22N2O5. The van der Waals surface area contributed by atoms with Crippen molar-refractivity contribution in [2.75, 3.05) is 13.2 Å². The summed E-state index contributed by atoms with van der Waals surface area (Å²) in [5.74, 6) is -0.338. The second-order valence-corrected chi connectivity index (χ2v) is 3.94. The van der Waals surface area contributed by atoms with Gasteiger partial charge in [-0.1, -0.05) is 30.3 Å². The minimum atomic E-state index is -0.992. The Morgan fingerprint density at radius 2 is 1.95 bits per heavy atom. The lowest BCUT2D eigenvalue weighted by Gasteiger charge is -2.10. The normalized spacial score (nSPS) is 10.8. The number of ether oxygens (including phenoxy) is 2. The number of carbonyl (C=O) groups excluding carboxylic acids is 1. The number of carboxylic acid groups (broad SMARTS) is 1. The Balaban J connectivity index is 0.000000384. The molecule has 1 aromatic rings. The zero-order valence-corrected chi connectivity index (χ0v) is 12.2. The predicted octanol–water partition coefficient (Wildman–Crippen LogP) is 1.33. The molecule has 0 radical (unpaired) electrons. The first-order valence-electron chi connectivity index (χ1n) is 6.47. The van der Waals surface area contributed by atoms with E-state index in [2.05, 4.69) is 10.1 Å². The molecular weight excluding hydrogens is 276 g/mol. The first kappa shape index (κ1) is 18.9. The lowest BCUT2D eigenvalue weighted by Crippen LogP contribution is -2.30. The summed E-state index contributed by atoms with van der Waals surface area (Å²) in [6.45, 7) is 4.19. The average Bonchev–Trinajstić information content (AvgIpc) is 2.45. The number of esters is 1. The van der Waals surface area contributed by atoms with Gasteiger partial charge in [0.05, 0.1) is 0 Å². The number of nitrogens with one attached hydrogen (secondary N) is 1. The van der Waals surface area contributed by atoms with Crippen LogP contribution in [-0.2, 0) is 20.8 Å². The van der Waals surface area contributed by atoms with Crippen molar-refractivity contribution in [2.24, 2.45) is 5.73 Å². The van der Waals surface area contributed by atoms with Crippen LogP contribution in [0.15, 0.2) is 30.3 Å². The molecule has 0 saturated heterocycles.